The molecule has 1 heterocycles. The minimum absolute atomic E-state index is 0.681. The molecule has 1 unspecified atom stereocenters. The quantitative estimate of drug-likeness (QED) is 0.643. The highest BCUT2D eigenvalue weighted by Gasteiger charge is 2.14. The van der Waals surface area contributed by atoms with Gasteiger partial charge in [0.05, 0.1) is 0 Å². The molecule has 1 aromatic rings. The number of hydrogen-bond acceptors (Lipinski definition) is 1. The topological polar surface area (TPSA) is 3.24 Å². The molecule has 14 heavy (non-hydrogen) atoms. The van der Waals surface area contributed by atoms with Gasteiger partial charge in [-0.3, -0.25) is 4.90 Å². The lowest BCUT2D eigenvalue weighted by molar-refractivity contribution is 0.214. The van der Waals surface area contributed by atoms with Crippen molar-refractivity contribution in [2.45, 2.75) is 25.9 Å². The van der Waals surface area contributed by atoms with Crippen LogP contribution in [0, 0.1) is 0 Å². The molecule has 0 N–H and O–H groups in total. The lowest BCUT2D eigenvalue weighted by Crippen LogP contribution is -2.34. The average molecular weight is 187 g/mol. The van der Waals surface area contributed by atoms with Gasteiger partial charge in [0, 0.05) is 19.1 Å². The van der Waals surface area contributed by atoms with Crippen LogP contribution in [-0.2, 0) is 6.54 Å². The van der Waals surface area contributed by atoms with E-state index in [0.29, 0.717) is 6.04 Å². The van der Waals surface area contributed by atoms with Crippen LogP contribution < -0.4 is 0 Å². The van der Waals surface area contributed by atoms with E-state index in [1.165, 1.54) is 12.0 Å². The molecule has 0 aliphatic carbocycles. The monoisotopic (exact) mass is 187 g/mol. The van der Waals surface area contributed by atoms with Gasteiger partial charge in [0.2, 0.25) is 0 Å². The first-order valence-corrected chi connectivity index (χ1v) is 5.29. The third-order valence-corrected chi connectivity index (χ3v) is 2.84. The Hall–Kier alpha value is -1.08. The van der Waals surface area contributed by atoms with E-state index in [0.717, 1.165) is 13.1 Å². The highest BCUT2D eigenvalue weighted by atomic mass is 15.1. The number of nitrogens with zero attached hydrogens (tertiary/aromatic N) is 1. The molecule has 0 saturated carbocycles. The van der Waals surface area contributed by atoms with Crippen LogP contribution in [0.25, 0.3) is 0 Å². The lowest BCUT2D eigenvalue weighted by Gasteiger charge is -2.30. The smallest absolute Gasteiger partial charge is 0.0239 e. The maximum Gasteiger partial charge on any atom is 0.0239 e. The summed E-state index contributed by atoms with van der Waals surface area (Å²) >= 11 is 0. The maximum absolute atomic E-state index is 2.51. The minimum atomic E-state index is 0.681. The molecule has 1 atom stereocenters. The van der Waals surface area contributed by atoms with Gasteiger partial charge in [0.15, 0.2) is 0 Å². The summed E-state index contributed by atoms with van der Waals surface area (Å²) in [6.45, 7) is 4.47. The van der Waals surface area contributed by atoms with E-state index < -0.39 is 0 Å². The number of hydrogen-bond donors (Lipinski definition) is 0. The van der Waals surface area contributed by atoms with Crippen LogP contribution in [0.3, 0.4) is 0 Å². The molecular formula is C13H17N. The standard InChI is InChI=1S/C13H17N/c1-12-7-5-6-10-14(12)11-13-8-3-2-4-9-13/h2-6,8-9,12H,7,10-11H2,1H3. The second kappa shape index (κ2) is 4.43. The molecule has 2 rings (SSSR count). The molecule has 1 heteroatoms. The summed E-state index contributed by atoms with van der Waals surface area (Å²) in [7, 11) is 0. The third kappa shape index (κ3) is 2.24. The fourth-order valence-corrected chi connectivity index (χ4v) is 1.87. The van der Waals surface area contributed by atoms with Crippen molar-refractivity contribution in [1.82, 2.24) is 4.90 Å². The Morgan fingerprint density at radius 1 is 1.21 bits per heavy atom. The zero-order chi connectivity index (χ0) is 9.80. The van der Waals surface area contributed by atoms with Gasteiger partial charge in [-0.05, 0) is 18.9 Å². The zero-order valence-corrected chi connectivity index (χ0v) is 8.69. The van der Waals surface area contributed by atoms with E-state index in [1.54, 1.807) is 0 Å². The van der Waals surface area contributed by atoms with Crippen LogP contribution in [0.5, 0.6) is 0 Å². The van der Waals surface area contributed by atoms with E-state index in [9.17, 15) is 0 Å². The third-order valence-electron chi connectivity index (χ3n) is 2.84. The van der Waals surface area contributed by atoms with Gasteiger partial charge in [-0.2, -0.15) is 0 Å². The van der Waals surface area contributed by atoms with Gasteiger partial charge in [0.25, 0.3) is 0 Å². The molecule has 0 aromatic heterocycles. The van der Waals surface area contributed by atoms with E-state index in [-0.39, 0.29) is 0 Å². The van der Waals surface area contributed by atoms with E-state index in [1.807, 2.05) is 0 Å². The van der Waals surface area contributed by atoms with Crippen molar-refractivity contribution in [3.05, 3.63) is 48.0 Å². The first kappa shape index (κ1) is 9.47. The second-order valence-electron chi connectivity index (χ2n) is 3.97. The van der Waals surface area contributed by atoms with E-state index in [2.05, 4.69) is 54.3 Å². The fraction of sp³-hybridized carbons (Fsp3) is 0.385. The first-order valence-electron chi connectivity index (χ1n) is 5.29. The lowest BCUT2D eigenvalue weighted by atomic mass is 10.1. The van der Waals surface area contributed by atoms with Gasteiger partial charge in [-0.15, -0.1) is 0 Å². The highest BCUT2D eigenvalue weighted by Crippen LogP contribution is 2.14. The van der Waals surface area contributed by atoms with E-state index in [4.69, 9.17) is 0 Å². The molecule has 74 valence electrons. The maximum atomic E-state index is 2.51. The molecule has 0 spiro atoms. The van der Waals surface area contributed by atoms with Crippen LogP contribution >= 0.6 is 0 Å². The molecule has 0 bridgehead atoms. The SMILES string of the molecule is CC1CC=CCN1Cc1ccccc1. The Morgan fingerprint density at radius 2 is 2.00 bits per heavy atom. The Kier molecular flexibility index (Phi) is 3.00. The average Bonchev–Trinajstić information content (AvgIpc) is 2.23. The highest BCUT2D eigenvalue weighted by molar-refractivity contribution is 5.15. The molecule has 0 radical (unpaired) electrons. The number of rotatable bonds is 2. The Balaban J connectivity index is 2.00. The second-order valence-corrected chi connectivity index (χ2v) is 3.97. The van der Waals surface area contributed by atoms with Gasteiger partial charge in [-0.1, -0.05) is 42.5 Å². The van der Waals surface area contributed by atoms with Crippen molar-refractivity contribution in [2.24, 2.45) is 0 Å². The summed E-state index contributed by atoms with van der Waals surface area (Å²) in [6.07, 6.45) is 5.74. The molecule has 0 amide bonds. The van der Waals surface area contributed by atoms with Crippen molar-refractivity contribution >= 4 is 0 Å². The van der Waals surface area contributed by atoms with Crippen LogP contribution in [0.2, 0.25) is 0 Å². The predicted octanol–water partition coefficient (Wildman–Crippen LogP) is 2.84. The van der Waals surface area contributed by atoms with Crippen molar-refractivity contribution < 1.29 is 0 Å². The first-order chi connectivity index (χ1) is 6.86. The van der Waals surface area contributed by atoms with Crippen LogP contribution in [0.4, 0.5) is 0 Å². The Bertz CT molecular complexity index is 302. The molecule has 1 aliphatic rings. The summed E-state index contributed by atoms with van der Waals surface area (Å²) < 4.78 is 0. The molecule has 1 aromatic carbocycles. The van der Waals surface area contributed by atoms with Crippen LogP contribution in [-0.4, -0.2) is 17.5 Å². The molecule has 1 nitrogen and oxygen atoms in total. The molecule has 0 fully saturated rings. The normalized spacial score (nSPS) is 22.5. The van der Waals surface area contributed by atoms with Crippen molar-refractivity contribution in [3.8, 4) is 0 Å². The zero-order valence-electron chi connectivity index (χ0n) is 8.69. The Morgan fingerprint density at radius 3 is 2.71 bits per heavy atom. The van der Waals surface area contributed by atoms with Crippen molar-refractivity contribution in [3.63, 3.8) is 0 Å². The Labute approximate surface area is 86.1 Å². The van der Waals surface area contributed by atoms with Gasteiger partial charge < -0.3 is 0 Å². The summed E-state index contributed by atoms with van der Waals surface area (Å²) in [5, 5.41) is 0. The van der Waals surface area contributed by atoms with Gasteiger partial charge in [0.1, 0.15) is 0 Å². The molecule has 1 aliphatic heterocycles. The molecular weight excluding hydrogens is 170 g/mol. The van der Waals surface area contributed by atoms with Crippen molar-refractivity contribution in [1.29, 1.82) is 0 Å². The van der Waals surface area contributed by atoms with E-state index >= 15 is 0 Å². The van der Waals surface area contributed by atoms with Crippen LogP contribution in [0.15, 0.2) is 42.5 Å². The summed E-state index contributed by atoms with van der Waals surface area (Å²) in [6, 6.07) is 11.4. The van der Waals surface area contributed by atoms with Crippen molar-refractivity contribution in [2.75, 3.05) is 6.54 Å². The largest absolute Gasteiger partial charge is 0.292 e. The minimum Gasteiger partial charge on any atom is -0.292 e. The number of benzene rings is 1. The summed E-state index contributed by atoms with van der Waals surface area (Å²) in [4.78, 5) is 2.51. The predicted molar refractivity (Wildman–Crippen MR) is 60.1 cm³/mol. The summed E-state index contributed by atoms with van der Waals surface area (Å²) in [5.41, 5.74) is 1.41. The fourth-order valence-electron chi connectivity index (χ4n) is 1.87. The summed E-state index contributed by atoms with van der Waals surface area (Å²) in [5.74, 6) is 0. The molecule has 0 saturated heterocycles. The van der Waals surface area contributed by atoms with Crippen LogP contribution in [0.1, 0.15) is 18.9 Å². The van der Waals surface area contributed by atoms with Gasteiger partial charge >= 0.3 is 0 Å². The van der Waals surface area contributed by atoms with Gasteiger partial charge in [-0.25, -0.2) is 0 Å².